The van der Waals surface area contributed by atoms with Crippen molar-refractivity contribution in [2.45, 2.75) is 24.9 Å². The van der Waals surface area contributed by atoms with Crippen molar-refractivity contribution in [3.63, 3.8) is 0 Å². The molecule has 1 aliphatic heterocycles. The van der Waals surface area contributed by atoms with Gasteiger partial charge in [-0.3, -0.25) is 14.3 Å². The largest absolute Gasteiger partial charge is 0.393 e. The fourth-order valence-electron chi connectivity index (χ4n) is 1.97. The van der Waals surface area contributed by atoms with Crippen LogP contribution in [0.2, 0.25) is 0 Å². The summed E-state index contributed by atoms with van der Waals surface area (Å²) in [6, 6.07) is 0. The molecule has 0 amide bonds. The molecule has 0 radical (unpaired) electrons. The summed E-state index contributed by atoms with van der Waals surface area (Å²) in [7, 11) is 0. The molecule has 0 spiro atoms. The van der Waals surface area contributed by atoms with Gasteiger partial charge in [0, 0.05) is 11.8 Å². The molecular formula is C10H13FN2O5. The number of hydrogen-bond acceptors (Lipinski definition) is 5. The van der Waals surface area contributed by atoms with E-state index in [1.54, 1.807) is 0 Å². The molecule has 3 N–H and O–H groups in total. The third-order valence-corrected chi connectivity index (χ3v) is 3.05. The average molecular weight is 260 g/mol. The van der Waals surface area contributed by atoms with Gasteiger partial charge in [-0.1, -0.05) is 0 Å². The molecule has 1 saturated heterocycles. The highest BCUT2D eigenvalue weighted by molar-refractivity contribution is 5.06. The number of aliphatic hydroxyl groups excluding tert-OH is 1. The zero-order valence-corrected chi connectivity index (χ0v) is 9.59. The second-order valence-electron chi connectivity index (χ2n) is 4.20. The van der Waals surface area contributed by atoms with Crippen molar-refractivity contribution < 1.29 is 19.3 Å². The third kappa shape index (κ3) is 1.69. The van der Waals surface area contributed by atoms with Crippen LogP contribution < -0.4 is 11.2 Å². The normalized spacial score (nSPS) is 31.8. The Morgan fingerprint density at radius 3 is 2.94 bits per heavy atom. The first-order valence-electron chi connectivity index (χ1n) is 5.33. The lowest BCUT2D eigenvalue weighted by atomic mass is 10.0. The first-order valence-corrected chi connectivity index (χ1v) is 5.33. The monoisotopic (exact) mass is 260 g/mol. The van der Waals surface area contributed by atoms with Crippen LogP contribution in [0.3, 0.4) is 0 Å². The van der Waals surface area contributed by atoms with Crippen LogP contribution in [0, 0.1) is 6.92 Å². The first kappa shape index (κ1) is 12.9. The molecule has 1 aliphatic rings. The van der Waals surface area contributed by atoms with Crippen LogP contribution in [0.15, 0.2) is 15.8 Å². The second kappa shape index (κ2) is 4.30. The van der Waals surface area contributed by atoms with E-state index in [2.05, 4.69) is 0 Å². The minimum Gasteiger partial charge on any atom is -0.393 e. The highest BCUT2D eigenvalue weighted by atomic mass is 19.1. The van der Waals surface area contributed by atoms with Crippen molar-refractivity contribution >= 4 is 0 Å². The predicted octanol–water partition coefficient (Wildman–Crippen LogP) is -1.78. The van der Waals surface area contributed by atoms with Gasteiger partial charge in [0.15, 0.2) is 6.17 Å². The zero-order valence-electron chi connectivity index (χ0n) is 9.59. The van der Waals surface area contributed by atoms with E-state index in [-0.39, 0.29) is 5.56 Å². The summed E-state index contributed by atoms with van der Waals surface area (Å²) in [5.74, 6) is 0. The van der Waals surface area contributed by atoms with Gasteiger partial charge < -0.3 is 14.9 Å². The highest BCUT2D eigenvalue weighted by Crippen LogP contribution is 2.32. The Morgan fingerprint density at radius 2 is 2.33 bits per heavy atom. The Bertz CT molecular complexity index is 568. The van der Waals surface area contributed by atoms with Gasteiger partial charge in [-0.15, -0.1) is 0 Å². The van der Waals surface area contributed by atoms with Crippen LogP contribution in [0.4, 0.5) is 4.39 Å². The van der Waals surface area contributed by atoms with E-state index in [0.29, 0.717) is 4.57 Å². The van der Waals surface area contributed by atoms with Gasteiger partial charge in [0.2, 0.25) is 5.72 Å². The maximum absolute atomic E-state index is 13.8. The lowest BCUT2D eigenvalue weighted by Gasteiger charge is -2.30. The van der Waals surface area contributed by atoms with E-state index >= 15 is 0 Å². The van der Waals surface area contributed by atoms with Gasteiger partial charge >= 0.3 is 5.69 Å². The minimum atomic E-state index is -2.32. The molecule has 0 aliphatic carbocycles. The minimum absolute atomic E-state index is 0.138. The van der Waals surface area contributed by atoms with Crippen LogP contribution in [0.25, 0.3) is 0 Å². The molecule has 0 bridgehead atoms. The molecule has 2 rings (SSSR count). The van der Waals surface area contributed by atoms with Crippen molar-refractivity contribution in [2.24, 2.45) is 0 Å². The molecule has 100 valence electrons. The summed E-state index contributed by atoms with van der Waals surface area (Å²) in [6.07, 6.45) is -2.10. The predicted molar refractivity (Wildman–Crippen MR) is 58.0 cm³/mol. The number of aromatic amines is 1. The number of nitrogens with zero attached hydrogens (tertiary/aromatic N) is 1. The standard InChI is InChI=1S/C10H13FN2O5/c1-5-2-13(9(16)12-8(5)15)10(17)6(11)4-18-7(10)3-14/h2,6-7,14,17H,3-4H2,1H3,(H,12,15,16)/t6-,7-,10?/m0/s1. The molecule has 7 nitrogen and oxygen atoms in total. The van der Waals surface area contributed by atoms with Gasteiger partial charge in [0.25, 0.3) is 5.56 Å². The molecule has 0 saturated carbocycles. The summed E-state index contributed by atoms with van der Waals surface area (Å²) in [5.41, 5.74) is -3.76. The Balaban J connectivity index is 2.63. The number of hydrogen-bond donors (Lipinski definition) is 3. The van der Waals surface area contributed by atoms with E-state index in [1.807, 2.05) is 4.98 Å². The fourth-order valence-corrected chi connectivity index (χ4v) is 1.97. The van der Waals surface area contributed by atoms with Crippen LogP contribution in [0.1, 0.15) is 5.56 Å². The van der Waals surface area contributed by atoms with Gasteiger partial charge in [-0.05, 0) is 6.92 Å². The van der Waals surface area contributed by atoms with E-state index in [0.717, 1.165) is 6.20 Å². The van der Waals surface area contributed by atoms with E-state index in [4.69, 9.17) is 9.84 Å². The van der Waals surface area contributed by atoms with Gasteiger partial charge in [-0.25, -0.2) is 9.18 Å². The summed E-state index contributed by atoms with van der Waals surface area (Å²) in [5, 5.41) is 19.3. The zero-order chi connectivity index (χ0) is 13.5. The molecular weight excluding hydrogens is 247 g/mol. The number of aromatic nitrogens is 2. The molecule has 1 unspecified atom stereocenters. The second-order valence-corrected chi connectivity index (χ2v) is 4.20. The SMILES string of the molecule is Cc1cn(C2(O)[C@H](CO)OC[C@@H]2F)c(=O)[nH]c1=O. The van der Waals surface area contributed by atoms with Crippen molar-refractivity contribution in [1.29, 1.82) is 0 Å². The lowest BCUT2D eigenvalue weighted by molar-refractivity contribution is -0.137. The van der Waals surface area contributed by atoms with Crippen LogP contribution in [0.5, 0.6) is 0 Å². The van der Waals surface area contributed by atoms with Crippen molar-refractivity contribution in [1.82, 2.24) is 9.55 Å². The molecule has 8 heteroatoms. The molecule has 2 heterocycles. The first-order chi connectivity index (χ1) is 8.41. The van der Waals surface area contributed by atoms with E-state index in [9.17, 15) is 19.1 Å². The molecule has 18 heavy (non-hydrogen) atoms. The molecule has 0 aromatic carbocycles. The maximum Gasteiger partial charge on any atom is 0.330 e. The Morgan fingerprint density at radius 1 is 1.67 bits per heavy atom. The summed E-state index contributed by atoms with van der Waals surface area (Å²) in [6.45, 7) is 0.322. The molecule has 3 atom stereocenters. The summed E-state index contributed by atoms with van der Waals surface area (Å²) < 4.78 is 19.3. The van der Waals surface area contributed by atoms with Crippen LogP contribution >= 0.6 is 0 Å². The maximum atomic E-state index is 13.8. The van der Waals surface area contributed by atoms with E-state index in [1.165, 1.54) is 6.92 Å². The molecule has 1 fully saturated rings. The fraction of sp³-hybridized carbons (Fsp3) is 0.600. The Labute approximate surface area is 100 Å². The van der Waals surface area contributed by atoms with E-state index < -0.39 is 42.5 Å². The summed E-state index contributed by atoms with van der Waals surface area (Å²) in [4.78, 5) is 24.8. The third-order valence-electron chi connectivity index (χ3n) is 3.05. The lowest BCUT2D eigenvalue weighted by Crippen LogP contribution is -2.54. The number of H-pyrrole nitrogens is 1. The number of aliphatic hydroxyl groups is 2. The number of alkyl halides is 1. The number of ether oxygens (including phenoxy) is 1. The number of aryl methyl sites for hydroxylation is 1. The highest BCUT2D eigenvalue weighted by Gasteiger charge is 2.53. The number of halogens is 1. The molecule has 1 aromatic heterocycles. The molecule has 1 aromatic rings. The Kier molecular flexibility index (Phi) is 3.09. The average Bonchev–Trinajstić information content (AvgIpc) is 2.61. The van der Waals surface area contributed by atoms with Crippen molar-refractivity contribution in [3.05, 3.63) is 32.6 Å². The van der Waals surface area contributed by atoms with Crippen LogP contribution in [-0.2, 0) is 10.5 Å². The van der Waals surface area contributed by atoms with Crippen molar-refractivity contribution in [2.75, 3.05) is 13.2 Å². The number of rotatable bonds is 2. The van der Waals surface area contributed by atoms with Gasteiger partial charge in [0.05, 0.1) is 13.2 Å². The van der Waals surface area contributed by atoms with Gasteiger partial charge in [-0.2, -0.15) is 0 Å². The Hall–Kier alpha value is -1.51. The topological polar surface area (TPSA) is 105 Å². The summed E-state index contributed by atoms with van der Waals surface area (Å²) >= 11 is 0. The van der Waals surface area contributed by atoms with Crippen molar-refractivity contribution in [3.8, 4) is 0 Å². The van der Waals surface area contributed by atoms with Gasteiger partial charge in [0.1, 0.15) is 6.10 Å². The smallest absolute Gasteiger partial charge is 0.330 e. The number of nitrogens with one attached hydrogen (secondary N) is 1. The quantitative estimate of drug-likeness (QED) is 0.583. The van der Waals surface area contributed by atoms with Crippen LogP contribution in [-0.4, -0.2) is 45.3 Å².